The number of hydrogen-bond acceptors (Lipinski definition) is 3. The van der Waals surface area contributed by atoms with E-state index in [4.69, 9.17) is 15.2 Å². The Morgan fingerprint density at radius 1 is 1.10 bits per heavy atom. The highest BCUT2D eigenvalue weighted by Gasteiger charge is 2.22. The minimum Gasteiger partial charge on any atom is -0.496 e. The van der Waals surface area contributed by atoms with E-state index in [1.165, 1.54) is 12.1 Å². The van der Waals surface area contributed by atoms with Gasteiger partial charge in [0.2, 0.25) is 0 Å². The summed E-state index contributed by atoms with van der Waals surface area (Å²) in [7, 11) is 1.61. The molecule has 0 saturated carbocycles. The van der Waals surface area contributed by atoms with E-state index in [1.54, 1.807) is 20.1 Å². The zero-order valence-electron chi connectivity index (χ0n) is 12.5. The van der Waals surface area contributed by atoms with Crippen LogP contribution in [-0.4, -0.2) is 13.2 Å². The fourth-order valence-electron chi connectivity index (χ4n) is 2.24. The van der Waals surface area contributed by atoms with E-state index in [0.29, 0.717) is 5.75 Å². The highest BCUT2D eigenvalue weighted by Crippen LogP contribution is 2.32. The molecule has 2 N–H and O–H groups in total. The minimum atomic E-state index is -0.370. The van der Waals surface area contributed by atoms with Crippen molar-refractivity contribution in [2.75, 3.05) is 7.11 Å². The average Bonchev–Trinajstić information content (AvgIpc) is 2.46. The van der Waals surface area contributed by atoms with Crippen molar-refractivity contribution in [3.05, 3.63) is 59.4 Å². The molecule has 0 saturated heterocycles. The summed E-state index contributed by atoms with van der Waals surface area (Å²) in [6, 6.07) is 11.8. The molecule has 0 amide bonds. The molecule has 0 aliphatic carbocycles. The summed E-state index contributed by atoms with van der Waals surface area (Å²) in [4.78, 5) is 0. The Balaban J connectivity index is 2.36. The summed E-state index contributed by atoms with van der Waals surface area (Å²) in [6.07, 6.45) is -0.370. The Morgan fingerprint density at radius 2 is 1.81 bits per heavy atom. The van der Waals surface area contributed by atoms with Crippen LogP contribution in [0.25, 0.3) is 0 Å². The number of hydrogen-bond donors (Lipinski definition) is 1. The highest BCUT2D eigenvalue weighted by molar-refractivity contribution is 5.38. The van der Waals surface area contributed by atoms with Gasteiger partial charge in [0, 0.05) is 11.6 Å². The number of rotatable bonds is 5. The van der Waals surface area contributed by atoms with E-state index in [0.717, 1.165) is 16.9 Å². The van der Waals surface area contributed by atoms with Gasteiger partial charge >= 0.3 is 0 Å². The maximum atomic E-state index is 13.2. The molecule has 0 aliphatic heterocycles. The zero-order valence-corrected chi connectivity index (χ0v) is 12.5. The molecule has 112 valence electrons. The Hall–Kier alpha value is -2.07. The van der Waals surface area contributed by atoms with E-state index in [1.807, 2.05) is 31.2 Å². The number of nitrogens with two attached hydrogens (primary N) is 1. The third-order valence-electron chi connectivity index (χ3n) is 3.31. The lowest BCUT2D eigenvalue weighted by Gasteiger charge is -2.25. The largest absolute Gasteiger partial charge is 0.496 e. The Bertz CT molecular complexity index is 613. The topological polar surface area (TPSA) is 44.5 Å². The van der Waals surface area contributed by atoms with Gasteiger partial charge in [-0.1, -0.05) is 18.2 Å². The summed E-state index contributed by atoms with van der Waals surface area (Å²) >= 11 is 0. The first-order valence-corrected chi connectivity index (χ1v) is 6.84. The maximum Gasteiger partial charge on any atom is 0.142 e. The molecule has 3 nitrogen and oxygen atoms in total. The molecule has 0 spiro atoms. The van der Waals surface area contributed by atoms with Crippen molar-refractivity contribution in [1.82, 2.24) is 0 Å². The molecule has 0 radical (unpaired) electrons. The van der Waals surface area contributed by atoms with Crippen LogP contribution < -0.4 is 15.2 Å². The van der Waals surface area contributed by atoms with Crippen molar-refractivity contribution in [1.29, 1.82) is 0 Å². The zero-order chi connectivity index (χ0) is 15.4. The molecular formula is C17H20FNO2. The van der Waals surface area contributed by atoms with Crippen LogP contribution in [0.3, 0.4) is 0 Å². The maximum absolute atomic E-state index is 13.2. The van der Waals surface area contributed by atoms with Crippen LogP contribution in [-0.2, 0) is 0 Å². The van der Waals surface area contributed by atoms with Crippen molar-refractivity contribution in [3.63, 3.8) is 0 Å². The van der Waals surface area contributed by atoms with Crippen molar-refractivity contribution in [2.24, 2.45) is 5.73 Å². The first kappa shape index (κ1) is 15.3. The first-order chi connectivity index (χ1) is 10.0. The van der Waals surface area contributed by atoms with E-state index in [9.17, 15) is 4.39 Å². The standard InChI is InChI=1S/C17H20FNO2/c1-11-10-13(18)8-9-15(11)21-17(12(2)19)14-6-4-5-7-16(14)20-3/h4-10,12,17H,19H2,1-3H3. The van der Waals surface area contributed by atoms with Gasteiger partial charge in [0.25, 0.3) is 0 Å². The van der Waals surface area contributed by atoms with Gasteiger partial charge in [-0.2, -0.15) is 0 Å². The fraction of sp³-hybridized carbons (Fsp3) is 0.294. The van der Waals surface area contributed by atoms with Crippen LogP contribution in [0.1, 0.15) is 24.2 Å². The SMILES string of the molecule is COc1ccccc1C(Oc1ccc(F)cc1C)C(C)N. The quantitative estimate of drug-likeness (QED) is 0.914. The second kappa shape index (κ2) is 6.59. The highest BCUT2D eigenvalue weighted by atomic mass is 19.1. The number of halogens is 1. The number of para-hydroxylation sites is 1. The third-order valence-corrected chi connectivity index (χ3v) is 3.31. The molecule has 2 atom stereocenters. The second-order valence-corrected chi connectivity index (χ2v) is 5.05. The lowest BCUT2D eigenvalue weighted by atomic mass is 10.0. The molecular weight excluding hydrogens is 269 g/mol. The third kappa shape index (κ3) is 3.52. The normalized spacial score (nSPS) is 13.6. The molecule has 2 rings (SSSR count). The van der Waals surface area contributed by atoms with Crippen molar-refractivity contribution >= 4 is 0 Å². The monoisotopic (exact) mass is 289 g/mol. The van der Waals surface area contributed by atoms with Crippen LogP contribution in [0.15, 0.2) is 42.5 Å². The minimum absolute atomic E-state index is 0.245. The van der Waals surface area contributed by atoms with Crippen molar-refractivity contribution < 1.29 is 13.9 Å². The van der Waals surface area contributed by atoms with Gasteiger partial charge in [0.15, 0.2) is 0 Å². The smallest absolute Gasteiger partial charge is 0.142 e. The molecule has 0 aromatic heterocycles. The van der Waals surface area contributed by atoms with Gasteiger partial charge in [-0.25, -0.2) is 4.39 Å². The van der Waals surface area contributed by atoms with Gasteiger partial charge in [-0.15, -0.1) is 0 Å². The molecule has 2 unspecified atom stereocenters. The van der Waals surface area contributed by atoms with Crippen LogP contribution in [0, 0.1) is 12.7 Å². The molecule has 2 aromatic carbocycles. The number of ether oxygens (including phenoxy) is 2. The lowest BCUT2D eigenvalue weighted by Crippen LogP contribution is -2.29. The van der Waals surface area contributed by atoms with Gasteiger partial charge in [0.05, 0.1) is 7.11 Å². The van der Waals surface area contributed by atoms with E-state index >= 15 is 0 Å². The number of benzene rings is 2. The Morgan fingerprint density at radius 3 is 2.43 bits per heavy atom. The summed E-state index contributed by atoms with van der Waals surface area (Å²) in [6.45, 7) is 3.68. The second-order valence-electron chi connectivity index (χ2n) is 5.05. The van der Waals surface area contributed by atoms with E-state index < -0.39 is 0 Å². The Labute approximate surface area is 124 Å². The van der Waals surface area contributed by atoms with Gasteiger partial charge in [-0.3, -0.25) is 0 Å². The summed E-state index contributed by atoms with van der Waals surface area (Å²) in [5, 5.41) is 0. The van der Waals surface area contributed by atoms with Gasteiger partial charge in [-0.05, 0) is 43.7 Å². The number of methoxy groups -OCH3 is 1. The summed E-state index contributed by atoms with van der Waals surface area (Å²) in [5.74, 6) is 1.05. The predicted octanol–water partition coefficient (Wildman–Crippen LogP) is 3.61. The van der Waals surface area contributed by atoms with Gasteiger partial charge in [0.1, 0.15) is 23.4 Å². The van der Waals surface area contributed by atoms with Crippen LogP contribution in [0.5, 0.6) is 11.5 Å². The predicted molar refractivity (Wildman–Crippen MR) is 81.1 cm³/mol. The molecule has 0 aliphatic rings. The fourth-order valence-corrected chi connectivity index (χ4v) is 2.24. The van der Waals surface area contributed by atoms with Crippen molar-refractivity contribution in [3.8, 4) is 11.5 Å². The van der Waals surface area contributed by atoms with Crippen LogP contribution >= 0.6 is 0 Å². The van der Waals surface area contributed by atoms with Gasteiger partial charge < -0.3 is 15.2 Å². The molecule has 2 aromatic rings. The number of aryl methyl sites for hydroxylation is 1. The van der Waals surface area contributed by atoms with Crippen LogP contribution in [0.4, 0.5) is 4.39 Å². The molecule has 0 fully saturated rings. The molecule has 0 heterocycles. The Kier molecular flexibility index (Phi) is 4.81. The van der Waals surface area contributed by atoms with E-state index in [-0.39, 0.29) is 18.0 Å². The van der Waals surface area contributed by atoms with E-state index in [2.05, 4.69) is 0 Å². The molecule has 21 heavy (non-hydrogen) atoms. The lowest BCUT2D eigenvalue weighted by molar-refractivity contribution is 0.174. The van der Waals surface area contributed by atoms with Crippen LogP contribution in [0.2, 0.25) is 0 Å². The first-order valence-electron chi connectivity index (χ1n) is 6.84. The van der Waals surface area contributed by atoms with Crippen molar-refractivity contribution in [2.45, 2.75) is 26.0 Å². The molecule has 0 bridgehead atoms. The summed E-state index contributed by atoms with van der Waals surface area (Å²) in [5.41, 5.74) is 7.67. The average molecular weight is 289 g/mol. The molecule has 4 heteroatoms. The summed E-state index contributed by atoms with van der Waals surface area (Å²) < 4.78 is 24.6.